The molecule has 0 aromatic heterocycles. The molecule has 112 valence electrons. The summed E-state index contributed by atoms with van der Waals surface area (Å²) in [4.78, 5) is 10.5. The Bertz CT molecular complexity index is 233. The van der Waals surface area contributed by atoms with Gasteiger partial charge < -0.3 is 4.74 Å². The lowest BCUT2D eigenvalue weighted by Gasteiger charge is -2.06. The Hall–Kier alpha value is -0.790. The van der Waals surface area contributed by atoms with E-state index in [-0.39, 0.29) is 5.97 Å². The number of carbonyl (C=O) groups is 1. The van der Waals surface area contributed by atoms with E-state index in [9.17, 15) is 4.79 Å². The quantitative estimate of drug-likeness (QED) is 0.274. The van der Waals surface area contributed by atoms with Crippen molar-refractivity contribution in [1.29, 1.82) is 0 Å². The van der Waals surface area contributed by atoms with Crippen molar-refractivity contribution in [3.05, 3.63) is 12.2 Å². The molecule has 0 saturated heterocycles. The number of carbonyl (C=O) groups excluding carboxylic acids is 1. The minimum atomic E-state index is -0.160. The van der Waals surface area contributed by atoms with E-state index in [0.717, 1.165) is 12.3 Å². The van der Waals surface area contributed by atoms with Crippen molar-refractivity contribution < 1.29 is 9.53 Å². The predicted octanol–water partition coefficient (Wildman–Crippen LogP) is 5.27. The Labute approximate surface area is 119 Å². The molecule has 0 spiro atoms. The summed E-state index contributed by atoms with van der Waals surface area (Å²) in [7, 11) is 0. The lowest BCUT2D eigenvalue weighted by atomic mass is 10.0. The highest BCUT2D eigenvalue weighted by molar-refractivity contribution is 5.65. The van der Waals surface area contributed by atoms with Crippen LogP contribution in [0.25, 0.3) is 0 Å². The van der Waals surface area contributed by atoms with E-state index in [4.69, 9.17) is 4.74 Å². The zero-order valence-corrected chi connectivity index (χ0v) is 13.1. The normalized spacial score (nSPS) is 12.8. The first-order chi connectivity index (χ1) is 9.16. The Kier molecular flexibility index (Phi) is 13.1. The molecule has 0 aliphatic heterocycles. The highest BCUT2D eigenvalue weighted by Gasteiger charge is 1.97. The molecule has 0 radical (unpaired) electrons. The average Bonchev–Trinajstić information content (AvgIpc) is 2.36. The summed E-state index contributed by atoms with van der Waals surface area (Å²) in [6, 6.07) is 0. The molecule has 0 saturated carbocycles. The first kappa shape index (κ1) is 18.2. The zero-order valence-electron chi connectivity index (χ0n) is 13.1. The Morgan fingerprint density at radius 2 is 1.53 bits per heavy atom. The standard InChI is InChI=1S/C17H32O2/c1-4-13-16(2)14-11-9-7-5-6-8-10-12-15-19-17(3)18/h4,13,16H,5-12,14-15H2,1-3H3. The molecule has 0 fully saturated rings. The molecule has 0 bridgehead atoms. The van der Waals surface area contributed by atoms with Crippen LogP contribution >= 0.6 is 0 Å². The van der Waals surface area contributed by atoms with Gasteiger partial charge in [0, 0.05) is 6.92 Å². The summed E-state index contributed by atoms with van der Waals surface area (Å²) >= 11 is 0. The van der Waals surface area contributed by atoms with Gasteiger partial charge in [0.15, 0.2) is 0 Å². The summed E-state index contributed by atoms with van der Waals surface area (Å²) in [5, 5.41) is 0. The Morgan fingerprint density at radius 3 is 2.05 bits per heavy atom. The van der Waals surface area contributed by atoms with Gasteiger partial charge >= 0.3 is 5.97 Å². The summed E-state index contributed by atoms with van der Waals surface area (Å²) in [6.45, 7) is 6.45. The van der Waals surface area contributed by atoms with E-state index in [0.29, 0.717) is 6.61 Å². The first-order valence-corrected chi connectivity index (χ1v) is 7.93. The number of ether oxygens (including phenoxy) is 1. The molecular weight excluding hydrogens is 236 g/mol. The summed E-state index contributed by atoms with van der Waals surface area (Å²) in [6.07, 6.45) is 16.0. The SMILES string of the molecule is CC=CC(C)CCCCCCCCCCOC(C)=O. The topological polar surface area (TPSA) is 26.3 Å². The van der Waals surface area contributed by atoms with Gasteiger partial charge in [-0.3, -0.25) is 4.79 Å². The van der Waals surface area contributed by atoms with Crippen LogP contribution < -0.4 is 0 Å². The maximum absolute atomic E-state index is 10.5. The van der Waals surface area contributed by atoms with Crippen LogP contribution in [0.3, 0.4) is 0 Å². The minimum Gasteiger partial charge on any atom is -0.466 e. The van der Waals surface area contributed by atoms with Gasteiger partial charge in [-0.25, -0.2) is 0 Å². The number of hydrogen-bond acceptors (Lipinski definition) is 2. The minimum absolute atomic E-state index is 0.160. The molecule has 1 unspecified atom stereocenters. The maximum Gasteiger partial charge on any atom is 0.302 e. The van der Waals surface area contributed by atoms with Crippen molar-refractivity contribution in [3.63, 3.8) is 0 Å². The number of allylic oxidation sites excluding steroid dienone is 2. The first-order valence-electron chi connectivity index (χ1n) is 7.93. The van der Waals surface area contributed by atoms with Crippen molar-refractivity contribution in [2.45, 2.75) is 78.6 Å². The number of rotatable bonds is 12. The van der Waals surface area contributed by atoms with Gasteiger partial charge in [-0.1, -0.05) is 64.0 Å². The second kappa shape index (κ2) is 13.6. The fourth-order valence-corrected chi connectivity index (χ4v) is 2.27. The van der Waals surface area contributed by atoms with E-state index in [1.54, 1.807) is 0 Å². The fraction of sp³-hybridized carbons (Fsp3) is 0.824. The Balaban J connectivity index is 3.09. The van der Waals surface area contributed by atoms with Crippen molar-refractivity contribution in [1.82, 2.24) is 0 Å². The third kappa shape index (κ3) is 15.2. The van der Waals surface area contributed by atoms with E-state index < -0.39 is 0 Å². The van der Waals surface area contributed by atoms with E-state index in [1.807, 2.05) is 0 Å². The lowest BCUT2D eigenvalue weighted by Crippen LogP contribution is -2.00. The second-order valence-corrected chi connectivity index (χ2v) is 5.46. The molecule has 0 aromatic carbocycles. The van der Waals surface area contributed by atoms with Gasteiger partial charge in [0.25, 0.3) is 0 Å². The van der Waals surface area contributed by atoms with Crippen LogP contribution in [0, 0.1) is 5.92 Å². The van der Waals surface area contributed by atoms with Crippen LogP contribution in [0.4, 0.5) is 0 Å². The predicted molar refractivity (Wildman–Crippen MR) is 82.2 cm³/mol. The summed E-state index contributed by atoms with van der Waals surface area (Å²) in [5.41, 5.74) is 0. The van der Waals surface area contributed by atoms with Gasteiger partial charge in [-0.15, -0.1) is 0 Å². The van der Waals surface area contributed by atoms with Crippen LogP contribution in [0.1, 0.15) is 78.6 Å². The maximum atomic E-state index is 10.5. The largest absolute Gasteiger partial charge is 0.466 e. The van der Waals surface area contributed by atoms with E-state index in [2.05, 4.69) is 26.0 Å². The third-order valence-electron chi connectivity index (χ3n) is 3.38. The van der Waals surface area contributed by atoms with Crippen molar-refractivity contribution >= 4 is 5.97 Å². The van der Waals surface area contributed by atoms with E-state index >= 15 is 0 Å². The van der Waals surface area contributed by atoms with Crippen LogP contribution in [-0.2, 0) is 9.53 Å². The smallest absolute Gasteiger partial charge is 0.302 e. The lowest BCUT2D eigenvalue weighted by molar-refractivity contribution is -0.141. The van der Waals surface area contributed by atoms with Crippen LogP contribution in [-0.4, -0.2) is 12.6 Å². The van der Waals surface area contributed by atoms with Gasteiger partial charge in [0.05, 0.1) is 6.61 Å². The number of hydrogen-bond donors (Lipinski definition) is 0. The zero-order chi connectivity index (χ0) is 14.3. The number of esters is 1. The second-order valence-electron chi connectivity index (χ2n) is 5.46. The average molecular weight is 268 g/mol. The fourth-order valence-electron chi connectivity index (χ4n) is 2.27. The van der Waals surface area contributed by atoms with E-state index in [1.165, 1.54) is 58.3 Å². The van der Waals surface area contributed by atoms with Crippen LogP contribution in [0.5, 0.6) is 0 Å². The van der Waals surface area contributed by atoms with Gasteiger partial charge in [-0.2, -0.15) is 0 Å². The monoisotopic (exact) mass is 268 g/mol. The molecule has 0 aromatic rings. The van der Waals surface area contributed by atoms with Crippen LogP contribution in [0.15, 0.2) is 12.2 Å². The molecule has 0 aliphatic carbocycles. The molecule has 0 rings (SSSR count). The molecule has 2 nitrogen and oxygen atoms in total. The van der Waals surface area contributed by atoms with Crippen molar-refractivity contribution in [3.8, 4) is 0 Å². The molecule has 2 heteroatoms. The number of unbranched alkanes of at least 4 members (excludes halogenated alkanes) is 7. The molecule has 19 heavy (non-hydrogen) atoms. The molecule has 0 amide bonds. The van der Waals surface area contributed by atoms with Crippen LogP contribution in [0.2, 0.25) is 0 Å². The van der Waals surface area contributed by atoms with Gasteiger partial charge in [0.2, 0.25) is 0 Å². The van der Waals surface area contributed by atoms with Crippen molar-refractivity contribution in [2.75, 3.05) is 6.61 Å². The highest BCUT2D eigenvalue weighted by atomic mass is 16.5. The van der Waals surface area contributed by atoms with Crippen molar-refractivity contribution in [2.24, 2.45) is 5.92 Å². The third-order valence-corrected chi connectivity index (χ3v) is 3.38. The molecular formula is C17H32O2. The highest BCUT2D eigenvalue weighted by Crippen LogP contribution is 2.13. The molecule has 0 aliphatic rings. The molecule has 1 atom stereocenters. The summed E-state index contributed by atoms with van der Waals surface area (Å²) < 4.78 is 4.90. The van der Waals surface area contributed by atoms with Gasteiger partial charge in [-0.05, 0) is 25.7 Å². The summed E-state index contributed by atoms with van der Waals surface area (Å²) in [5.74, 6) is 0.582. The molecule has 0 heterocycles. The Morgan fingerprint density at radius 1 is 1.00 bits per heavy atom. The molecule has 0 N–H and O–H groups in total. The van der Waals surface area contributed by atoms with Gasteiger partial charge in [0.1, 0.15) is 0 Å².